The fourth-order valence-corrected chi connectivity index (χ4v) is 2.74. The number of nitrogens with zero attached hydrogens (tertiary/aromatic N) is 4. The van der Waals surface area contributed by atoms with Gasteiger partial charge in [-0.15, -0.1) is 0 Å². The number of carbonyl (C=O) groups is 1. The molecule has 108 valence electrons. The highest BCUT2D eigenvalue weighted by Crippen LogP contribution is 2.19. The monoisotopic (exact) mass is 339 g/mol. The zero-order valence-corrected chi connectivity index (χ0v) is 13.6. The zero-order valence-electron chi connectivity index (χ0n) is 12.0. The molecule has 1 unspecified atom stereocenters. The summed E-state index contributed by atoms with van der Waals surface area (Å²) in [6, 6.07) is -0.107. The topological polar surface area (TPSA) is 64.7 Å². The fourth-order valence-electron chi connectivity index (χ4n) is 2.21. The highest BCUT2D eigenvalue weighted by atomic mass is 79.9. The number of hydrogen-bond acceptors (Lipinski definition) is 3. The fraction of sp³-hybridized carbons (Fsp3) is 0.462. The number of carbonyl (C=O) groups excluding carboxylic acids is 1. The molecule has 1 atom stereocenters. The average Bonchev–Trinajstić information content (AvgIpc) is 2.92. The van der Waals surface area contributed by atoms with E-state index in [1.165, 1.54) is 0 Å². The molecule has 0 bridgehead atoms. The summed E-state index contributed by atoms with van der Waals surface area (Å²) in [4.78, 5) is 12.3. The minimum absolute atomic E-state index is 0.107. The van der Waals surface area contributed by atoms with Crippen molar-refractivity contribution in [1.82, 2.24) is 24.9 Å². The van der Waals surface area contributed by atoms with Gasteiger partial charge in [-0.3, -0.25) is 14.2 Å². The van der Waals surface area contributed by atoms with E-state index in [9.17, 15) is 4.79 Å². The van der Waals surface area contributed by atoms with Crippen LogP contribution in [0, 0.1) is 6.92 Å². The molecule has 0 aromatic carbocycles. The third-order valence-corrected chi connectivity index (χ3v) is 3.94. The van der Waals surface area contributed by atoms with Crippen LogP contribution < -0.4 is 5.32 Å². The van der Waals surface area contributed by atoms with Crippen LogP contribution in [0.15, 0.2) is 16.9 Å². The normalized spacial score (nSPS) is 12.4. The number of rotatable bonds is 4. The predicted molar refractivity (Wildman–Crippen MR) is 79.4 cm³/mol. The van der Waals surface area contributed by atoms with Crippen molar-refractivity contribution in [3.8, 4) is 0 Å². The Kier molecular flexibility index (Phi) is 4.27. The van der Waals surface area contributed by atoms with Crippen LogP contribution in [-0.4, -0.2) is 25.5 Å². The minimum atomic E-state index is -0.159. The van der Waals surface area contributed by atoms with Crippen LogP contribution in [0.3, 0.4) is 0 Å². The number of aromatic nitrogens is 4. The van der Waals surface area contributed by atoms with E-state index in [4.69, 9.17) is 0 Å². The number of nitrogens with one attached hydrogen (secondary N) is 1. The van der Waals surface area contributed by atoms with Crippen LogP contribution in [0.1, 0.15) is 41.6 Å². The summed E-state index contributed by atoms with van der Waals surface area (Å²) >= 11 is 3.33. The van der Waals surface area contributed by atoms with Gasteiger partial charge in [0.2, 0.25) is 0 Å². The lowest BCUT2D eigenvalue weighted by molar-refractivity contribution is 0.0929. The molecular formula is C13H18BrN5O. The maximum Gasteiger partial charge on any atom is 0.271 e. The summed E-state index contributed by atoms with van der Waals surface area (Å²) in [6.07, 6.45) is 3.42. The van der Waals surface area contributed by atoms with E-state index in [2.05, 4.69) is 31.4 Å². The van der Waals surface area contributed by atoms with Gasteiger partial charge in [-0.25, -0.2) is 0 Å². The van der Waals surface area contributed by atoms with Crippen LogP contribution in [-0.2, 0) is 13.6 Å². The molecule has 20 heavy (non-hydrogen) atoms. The van der Waals surface area contributed by atoms with Crippen LogP contribution >= 0.6 is 15.9 Å². The first kappa shape index (κ1) is 14.8. The maximum atomic E-state index is 12.3. The van der Waals surface area contributed by atoms with E-state index >= 15 is 0 Å². The highest BCUT2D eigenvalue weighted by Gasteiger charge is 2.20. The SMILES string of the molecule is CCn1ncc(C(C)NC(=O)c2c(Br)cnn2C)c1C. The van der Waals surface area contributed by atoms with E-state index in [0.717, 1.165) is 17.8 Å². The molecule has 0 radical (unpaired) electrons. The third kappa shape index (κ3) is 2.63. The van der Waals surface area contributed by atoms with Gasteiger partial charge in [0.05, 0.1) is 22.9 Å². The van der Waals surface area contributed by atoms with Crippen molar-refractivity contribution in [2.45, 2.75) is 33.4 Å². The summed E-state index contributed by atoms with van der Waals surface area (Å²) in [7, 11) is 1.74. The first-order valence-electron chi connectivity index (χ1n) is 6.46. The molecule has 2 aromatic rings. The van der Waals surface area contributed by atoms with E-state index in [0.29, 0.717) is 10.2 Å². The van der Waals surface area contributed by atoms with Gasteiger partial charge in [0, 0.05) is 24.8 Å². The Morgan fingerprint density at radius 2 is 2.15 bits per heavy atom. The lowest BCUT2D eigenvalue weighted by atomic mass is 10.1. The first-order chi connectivity index (χ1) is 9.45. The molecule has 1 amide bonds. The largest absolute Gasteiger partial charge is 0.344 e. The molecule has 7 heteroatoms. The Morgan fingerprint density at radius 3 is 2.65 bits per heavy atom. The van der Waals surface area contributed by atoms with Gasteiger partial charge in [-0.2, -0.15) is 10.2 Å². The van der Waals surface area contributed by atoms with Crippen LogP contribution in [0.25, 0.3) is 0 Å². The van der Waals surface area contributed by atoms with Crippen LogP contribution in [0.5, 0.6) is 0 Å². The Bertz CT molecular complexity index is 611. The van der Waals surface area contributed by atoms with Crippen molar-refractivity contribution in [2.75, 3.05) is 0 Å². The molecule has 0 spiro atoms. The molecule has 0 saturated carbocycles. The standard InChI is InChI=1S/C13H18BrN5O/c1-5-19-9(3)10(6-16-19)8(2)17-13(20)12-11(14)7-15-18(12)4/h6-8H,5H2,1-4H3,(H,17,20). The summed E-state index contributed by atoms with van der Waals surface area (Å²) < 4.78 is 4.15. The molecule has 6 nitrogen and oxygen atoms in total. The Labute approximate surface area is 126 Å². The number of amides is 1. The van der Waals surface area contributed by atoms with E-state index in [-0.39, 0.29) is 11.9 Å². The number of hydrogen-bond donors (Lipinski definition) is 1. The first-order valence-corrected chi connectivity index (χ1v) is 7.25. The van der Waals surface area contributed by atoms with Crippen molar-refractivity contribution in [3.05, 3.63) is 33.8 Å². The lowest BCUT2D eigenvalue weighted by Crippen LogP contribution is -2.29. The molecule has 2 rings (SSSR count). The second kappa shape index (κ2) is 5.78. The average molecular weight is 340 g/mol. The van der Waals surface area contributed by atoms with Gasteiger partial charge >= 0.3 is 0 Å². The van der Waals surface area contributed by atoms with Gasteiger partial charge in [0.1, 0.15) is 5.69 Å². The molecule has 0 aliphatic heterocycles. The van der Waals surface area contributed by atoms with Crippen LogP contribution in [0.2, 0.25) is 0 Å². The summed E-state index contributed by atoms with van der Waals surface area (Å²) in [5.41, 5.74) is 2.61. The molecule has 2 aromatic heterocycles. The van der Waals surface area contributed by atoms with Crippen LogP contribution in [0.4, 0.5) is 0 Å². The van der Waals surface area contributed by atoms with Crippen molar-refractivity contribution >= 4 is 21.8 Å². The van der Waals surface area contributed by atoms with Gasteiger partial charge in [0.15, 0.2) is 0 Å². The van der Waals surface area contributed by atoms with Gasteiger partial charge in [-0.1, -0.05) is 0 Å². The smallest absolute Gasteiger partial charge is 0.271 e. The Balaban J connectivity index is 2.17. The van der Waals surface area contributed by atoms with E-state index in [1.807, 2.05) is 31.6 Å². The Hall–Kier alpha value is -1.63. The summed E-state index contributed by atoms with van der Waals surface area (Å²) in [5.74, 6) is -0.159. The van der Waals surface area contributed by atoms with Gasteiger partial charge in [-0.05, 0) is 36.7 Å². The molecule has 0 fully saturated rings. The molecule has 1 N–H and O–H groups in total. The minimum Gasteiger partial charge on any atom is -0.344 e. The molecule has 2 heterocycles. The van der Waals surface area contributed by atoms with E-state index < -0.39 is 0 Å². The summed E-state index contributed by atoms with van der Waals surface area (Å²) in [6.45, 7) is 6.82. The quantitative estimate of drug-likeness (QED) is 0.928. The third-order valence-electron chi connectivity index (χ3n) is 3.36. The van der Waals surface area contributed by atoms with Crippen molar-refractivity contribution < 1.29 is 4.79 Å². The second-order valence-corrected chi connectivity index (χ2v) is 5.52. The lowest BCUT2D eigenvalue weighted by Gasteiger charge is -2.14. The zero-order chi connectivity index (χ0) is 14.9. The predicted octanol–water partition coefficient (Wildman–Crippen LogP) is 2.20. The number of aryl methyl sites for hydroxylation is 2. The van der Waals surface area contributed by atoms with E-state index in [1.54, 1.807) is 17.9 Å². The van der Waals surface area contributed by atoms with Crippen molar-refractivity contribution in [3.63, 3.8) is 0 Å². The molecular weight excluding hydrogens is 322 g/mol. The highest BCUT2D eigenvalue weighted by molar-refractivity contribution is 9.10. The second-order valence-electron chi connectivity index (χ2n) is 4.66. The maximum absolute atomic E-state index is 12.3. The van der Waals surface area contributed by atoms with Crippen molar-refractivity contribution in [1.29, 1.82) is 0 Å². The molecule has 0 aliphatic carbocycles. The Morgan fingerprint density at radius 1 is 1.45 bits per heavy atom. The molecule has 0 saturated heterocycles. The number of halogens is 1. The summed E-state index contributed by atoms with van der Waals surface area (Å²) in [5, 5.41) is 11.3. The van der Waals surface area contributed by atoms with Gasteiger partial charge < -0.3 is 5.32 Å². The molecule has 0 aliphatic rings. The van der Waals surface area contributed by atoms with Gasteiger partial charge in [0.25, 0.3) is 5.91 Å². The van der Waals surface area contributed by atoms with Crippen molar-refractivity contribution in [2.24, 2.45) is 7.05 Å².